The van der Waals surface area contributed by atoms with Crippen LogP contribution in [0.4, 0.5) is 5.69 Å². The van der Waals surface area contributed by atoms with E-state index in [4.69, 9.17) is 11.6 Å². The average Bonchev–Trinajstić information content (AvgIpc) is 3.62. The standard InChI is InChI=1S/C24H23ClN6O4S2/c1-30-9-7-15-17(12-30)37-23(27-15)22(34)28-20-13(11-26-21(33)16-5-6-18(25)36-16)3-2-4-14(20)24(35)31-10-8-19(32)29-31/h2-6H,7-12H2,1H3,(H,26,33)(H,28,34)(H,29,32). The number of nitrogens with one attached hydrogen (secondary N) is 3. The van der Waals surface area contributed by atoms with Gasteiger partial charge in [-0.2, -0.15) is 0 Å². The van der Waals surface area contributed by atoms with E-state index in [1.165, 1.54) is 16.3 Å². The maximum atomic E-state index is 13.3. The number of likely N-dealkylation sites (N-methyl/N-ethyl adjacent to an activating group) is 1. The maximum absolute atomic E-state index is 13.3. The number of aromatic nitrogens is 1. The highest BCUT2D eigenvalue weighted by Crippen LogP contribution is 2.28. The van der Waals surface area contributed by atoms with Crippen molar-refractivity contribution in [3.8, 4) is 0 Å². The van der Waals surface area contributed by atoms with Crippen LogP contribution in [0.15, 0.2) is 30.3 Å². The minimum absolute atomic E-state index is 0.0522. The molecule has 1 fully saturated rings. The van der Waals surface area contributed by atoms with E-state index in [1.54, 1.807) is 30.3 Å². The number of hydrogen-bond donors (Lipinski definition) is 3. The highest BCUT2D eigenvalue weighted by molar-refractivity contribution is 7.18. The molecule has 5 rings (SSSR count). The van der Waals surface area contributed by atoms with Gasteiger partial charge < -0.3 is 15.5 Å². The van der Waals surface area contributed by atoms with E-state index in [-0.39, 0.29) is 42.6 Å². The predicted octanol–water partition coefficient (Wildman–Crippen LogP) is 2.91. The monoisotopic (exact) mass is 558 g/mol. The van der Waals surface area contributed by atoms with Crippen LogP contribution in [-0.4, -0.2) is 58.7 Å². The third-order valence-electron chi connectivity index (χ3n) is 6.04. The van der Waals surface area contributed by atoms with Crippen LogP contribution in [0.1, 0.15) is 52.4 Å². The molecule has 0 radical (unpaired) electrons. The van der Waals surface area contributed by atoms with Crippen LogP contribution in [0.2, 0.25) is 4.34 Å². The number of carbonyl (C=O) groups is 4. The van der Waals surface area contributed by atoms with Crippen molar-refractivity contribution in [2.45, 2.75) is 25.9 Å². The second kappa shape index (κ2) is 10.6. The summed E-state index contributed by atoms with van der Waals surface area (Å²) in [5.74, 6) is -1.48. The van der Waals surface area contributed by atoms with Gasteiger partial charge in [-0.05, 0) is 30.8 Å². The fraction of sp³-hybridized carbons (Fsp3) is 0.292. The summed E-state index contributed by atoms with van der Waals surface area (Å²) in [6.45, 7) is 1.87. The Morgan fingerprint density at radius 1 is 1.11 bits per heavy atom. The van der Waals surface area contributed by atoms with Gasteiger partial charge in [0.15, 0.2) is 5.01 Å². The van der Waals surface area contributed by atoms with Gasteiger partial charge in [-0.25, -0.2) is 9.99 Å². The summed E-state index contributed by atoms with van der Waals surface area (Å²) in [7, 11) is 2.02. The number of thiophene rings is 1. The summed E-state index contributed by atoms with van der Waals surface area (Å²) in [6, 6.07) is 8.24. The van der Waals surface area contributed by atoms with Crippen LogP contribution in [0.5, 0.6) is 0 Å². The number of rotatable bonds is 6. The highest BCUT2D eigenvalue weighted by Gasteiger charge is 2.29. The summed E-state index contributed by atoms with van der Waals surface area (Å²) in [5, 5.41) is 7.21. The zero-order valence-electron chi connectivity index (χ0n) is 19.8. The molecule has 0 spiro atoms. The van der Waals surface area contributed by atoms with Gasteiger partial charge in [-0.3, -0.25) is 24.6 Å². The molecular formula is C24H23ClN6O4S2. The van der Waals surface area contributed by atoms with Gasteiger partial charge in [0.25, 0.3) is 17.7 Å². The molecule has 0 unspecified atom stereocenters. The van der Waals surface area contributed by atoms with Crippen LogP contribution in [0.3, 0.4) is 0 Å². The third-order valence-corrected chi connectivity index (χ3v) is 8.35. The molecule has 1 saturated heterocycles. The Morgan fingerprint density at radius 3 is 2.68 bits per heavy atom. The molecule has 0 aliphatic carbocycles. The summed E-state index contributed by atoms with van der Waals surface area (Å²) in [4.78, 5) is 59.1. The van der Waals surface area contributed by atoms with Gasteiger partial charge in [0.05, 0.1) is 32.7 Å². The minimum atomic E-state index is -0.459. The van der Waals surface area contributed by atoms with Gasteiger partial charge >= 0.3 is 0 Å². The minimum Gasteiger partial charge on any atom is -0.347 e. The molecule has 3 N–H and O–H groups in total. The summed E-state index contributed by atoms with van der Waals surface area (Å²) in [6.07, 6.45) is 0.967. The Morgan fingerprint density at radius 2 is 1.95 bits per heavy atom. The molecule has 4 heterocycles. The van der Waals surface area contributed by atoms with Crippen molar-refractivity contribution in [2.24, 2.45) is 0 Å². The molecule has 13 heteroatoms. The number of halogens is 1. The number of para-hydroxylation sites is 1. The quantitative estimate of drug-likeness (QED) is 0.427. The Hall–Kier alpha value is -3.32. The van der Waals surface area contributed by atoms with Crippen LogP contribution >= 0.6 is 34.3 Å². The lowest BCUT2D eigenvalue weighted by atomic mass is 10.1. The first-order chi connectivity index (χ1) is 17.8. The maximum Gasteiger partial charge on any atom is 0.284 e. The molecule has 10 nitrogen and oxygen atoms in total. The molecule has 0 saturated carbocycles. The summed E-state index contributed by atoms with van der Waals surface area (Å²) in [5.41, 5.74) is 4.43. The molecule has 1 aromatic carbocycles. The SMILES string of the molecule is CN1CCc2nc(C(=O)Nc3c(CNC(=O)c4ccc(Cl)s4)cccc3C(=O)N3CCC(=O)N3)sc2C1. The van der Waals surface area contributed by atoms with Crippen molar-refractivity contribution in [3.63, 3.8) is 0 Å². The van der Waals surface area contributed by atoms with Crippen molar-refractivity contribution in [2.75, 3.05) is 25.5 Å². The largest absolute Gasteiger partial charge is 0.347 e. The smallest absolute Gasteiger partial charge is 0.284 e. The molecule has 4 amide bonds. The normalized spacial score (nSPS) is 15.3. The van der Waals surface area contributed by atoms with E-state index >= 15 is 0 Å². The van der Waals surface area contributed by atoms with E-state index in [9.17, 15) is 19.2 Å². The molecular weight excluding hydrogens is 536 g/mol. The number of fused-ring (bicyclic) bond motifs is 1. The molecule has 2 aromatic heterocycles. The van der Waals surface area contributed by atoms with Gasteiger partial charge in [-0.1, -0.05) is 23.7 Å². The summed E-state index contributed by atoms with van der Waals surface area (Å²) < 4.78 is 0.496. The summed E-state index contributed by atoms with van der Waals surface area (Å²) >= 11 is 8.43. The average molecular weight is 559 g/mol. The number of carbonyl (C=O) groups excluding carboxylic acids is 4. The Balaban J connectivity index is 1.43. The topological polar surface area (TPSA) is 124 Å². The van der Waals surface area contributed by atoms with Crippen LogP contribution < -0.4 is 16.1 Å². The first kappa shape index (κ1) is 25.3. The third kappa shape index (κ3) is 5.52. The van der Waals surface area contributed by atoms with E-state index in [2.05, 4.69) is 25.9 Å². The van der Waals surface area contributed by atoms with Crippen LogP contribution in [0.25, 0.3) is 0 Å². The number of nitrogens with zero attached hydrogens (tertiary/aromatic N) is 3. The Kier molecular flexibility index (Phi) is 7.24. The Bertz CT molecular complexity index is 1400. The molecule has 37 heavy (non-hydrogen) atoms. The first-order valence-corrected chi connectivity index (χ1v) is 13.5. The van der Waals surface area contributed by atoms with Crippen molar-refractivity contribution < 1.29 is 19.2 Å². The number of benzene rings is 1. The number of amides is 4. The van der Waals surface area contributed by atoms with E-state index < -0.39 is 11.8 Å². The number of anilines is 1. The van der Waals surface area contributed by atoms with E-state index in [1.807, 2.05) is 7.05 Å². The van der Waals surface area contributed by atoms with Crippen molar-refractivity contribution in [1.29, 1.82) is 0 Å². The second-order valence-corrected chi connectivity index (χ2v) is 11.5. The molecule has 192 valence electrons. The van der Waals surface area contributed by atoms with Crippen LogP contribution in [-0.2, 0) is 24.3 Å². The first-order valence-electron chi connectivity index (χ1n) is 11.5. The lowest BCUT2D eigenvalue weighted by molar-refractivity contribution is -0.120. The molecule has 0 bridgehead atoms. The van der Waals surface area contributed by atoms with Crippen molar-refractivity contribution >= 4 is 63.6 Å². The fourth-order valence-corrected chi connectivity index (χ4v) is 6.18. The zero-order valence-corrected chi connectivity index (χ0v) is 22.2. The molecule has 2 aliphatic rings. The van der Waals surface area contributed by atoms with E-state index in [0.717, 1.165) is 41.4 Å². The lowest BCUT2D eigenvalue weighted by Crippen LogP contribution is -2.39. The lowest BCUT2D eigenvalue weighted by Gasteiger charge is -2.20. The zero-order chi connectivity index (χ0) is 26.1. The van der Waals surface area contributed by atoms with Crippen LogP contribution in [0, 0.1) is 0 Å². The molecule has 2 aliphatic heterocycles. The number of thiazole rings is 1. The van der Waals surface area contributed by atoms with Gasteiger partial charge in [0, 0.05) is 37.4 Å². The van der Waals surface area contributed by atoms with E-state index in [0.29, 0.717) is 19.8 Å². The molecule has 3 aromatic rings. The number of hydrazine groups is 1. The van der Waals surface area contributed by atoms with Gasteiger partial charge in [0.1, 0.15) is 0 Å². The van der Waals surface area contributed by atoms with Crippen molar-refractivity contribution in [3.05, 3.63) is 66.3 Å². The van der Waals surface area contributed by atoms with Gasteiger partial charge in [0.2, 0.25) is 5.91 Å². The van der Waals surface area contributed by atoms with Crippen molar-refractivity contribution in [1.82, 2.24) is 25.6 Å². The predicted molar refractivity (Wildman–Crippen MR) is 141 cm³/mol. The highest BCUT2D eigenvalue weighted by atomic mass is 35.5. The molecule has 0 atom stereocenters. The second-order valence-electron chi connectivity index (χ2n) is 8.70. The Labute approximate surface area is 225 Å². The van der Waals surface area contributed by atoms with Gasteiger partial charge in [-0.15, -0.1) is 22.7 Å². The fourth-order valence-electron chi connectivity index (χ4n) is 4.13. The number of hydrogen-bond acceptors (Lipinski definition) is 8.